The van der Waals surface area contributed by atoms with Crippen LogP contribution in [0.1, 0.15) is 24.2 Å². The topological polar surface area (TPSA) is 83.7 Å². The second kappa shape index (κ2) is 6.00. The van der Waals surface area contributed by atoms with Gasteiger partial charge in [0.25, 0.3) is 0 Å². The molecular formula is C14H20N6. The minimum absolute atomic E-state index is 0.238. The number of aryl methyl sites for hydroxylation is 2. The van der Waals surface area contributed by atoms with Crippen molar-refractivity contribution in [3.63, 3.8) is 0 Å². The number of pyridine rings is 1. The average molecular weight is 272 g/mol. The molecule has 3 heterocycles. The number of anilines is 1. The lowest BCUT2D eigenvalue weighted by atomic mass is 10.1. The summed E-state index contributed by atoms with van der Waals surface area (Å²) >= 11 is 0. The summed E-state index contributed by atoms with van der Waals surface area (Å²) in [5.41, 5.74) is 7.25. The molecule has 1 saturated heterocycles. The number of nitrogens with two attached hydrogens (primary N) is 1. The average Bonchev–Trinajstić information content (AvgIpc) is 2.95. The van der Waals surface area contributed by atoms with Gasteiger partial charge >= 0.3 is 0 Å². The van der Waals surface area contributed by atoms with Gasteiger partial charge in [-0.15, -0.1) is 5.10 Å². The van der Waals surface area contributed by atoms with Crippen molar-refractivity contribution >= 4 is 5.95 Å². The van der Waals surface area contributed by atoms with E-state index in [9.17, 15) is 0 Å². The minimum Gasteiger partial charge on any atom is -0.338 e. The summed E-state index contributed by atoms with van der Waals surface area (Å²) in [6.07, 6.45) is 7.64. The molecule has 106 valence electrons. The number of nitrogens with one attached hydrogen (secondary N) is 1. The van der Waals surface area contributed by atoms with Crippen LogP contribution in [0.3, 0.4) is 0 Å². The summed E-state index contributed by atoms with van der Waals surface area (Å²) in [6.45, 7) is 1.84. The molecule has 6 nitrogen and oxygen atoms in total. The van der Waals surface area contributed by atoms with Gasteiger partial charge in [0.2, 0.25) is 5.95 Å². The zero-order valence-electron chi connectivity index (χ0n) is 11.5. The third kappa shape index (κ3) is 3.14. The molecule has 2 aromatic heterocycles. The lowest BCUT2D eigenvalue weighted by Crippen LogP contribution is -2.43. The predicted octanol–water partition coefficient (Wildman–Crippen LogP) is 0.912. The van der Waals surface area contributed by atoms with E-state index in [1.807, 2.05) is 24.5 Å². The van der Waals surface area contributed by atoms with E-state index in [4.69, 9.17) is 5.73 Å². The molecule has 1 unspecified atom stereocenters. The van der Waals surface area contributed by atoms with E-state index < -0.39 is 0 Å². The second-order valence-electron chi connectivity index (χ2n) is 5.29. The molecule has 0 spiro atoms. The van der Waals surface area contributed by atoms with E-state index in [1.54, 1.807) is 0 Å². The Morgan fingerprint density at radius 2 is 2.15 bits per heavy atom. The van der Waals surface area contributed by atoms with Crippen LogP contribution in [0.2, 0.25) is 0 Å². The molecule has 1 atom stereocenters. The lowest BCUT2D eigenvalue weighted by Gasteiger charge is -2.29. The Bertz CT molecular complexity index is 538. The van der Waals surface area contributed by atoms with Crippen LogP contribution in [0.4, 0.5) is 5.95 Å². The summed E-state index contributed by atoms with van der Waals surface area (Å²) in [6, 6.07) is 4.30. The van der Waals surface area contributed by atoms with Crippen molar-refractivity contribution in [1.29, 1.82) is 0 Å². The van der Waals surface area contributed by atoms with Crippen LogP contribution in [0.5, 0.6) is 0 Å². The van der Waals surface area contributed by atoms with Crippen molar-refractivity contribution in [2.45, 2.75) is 31.7 Å². The van der Waals surface area contributed by atoms with Crippen molar-refractivity contribution in [2.24, 2.45) is 5.73 Å². The number of aromatic amines is 1. The van der Waals surface area contributed by atoms with Crippen LogP contribution in [-0.4, -0.2) is 39.3 Å². The monoisotopic (exact) mass is 272 g/mol. The molecule has 0 aliphatic carbocycles. The molecule has 1 aliphatic heterocycles. The summed E-state index contributed by atoms with van der Waals surface area (Å²) in [5, 5.41) is 7.34. The zero-order chi connectivity index (χ0) is 13.8. The lowest BCUT2D eigenvalue weighted by molar-refractivity contribution is 0.500. The molecule has 2 aromatic rings. The summed E-state index contributed by atoms with van der Waals surface area (Å²) in [4.78, 5) is 10.8. The molecule has 0 bridgehead atoms. The first-order chi connectivity index (χ1) is 9.81. The van der Waals surface area contributed by atoms with Crippen molar-refractivity contribution < 1.29 is 0 Å². The highest BCUT2D eigenvalue weighted by Crippen LogP contribution is 2.15. The Morgan fingerprint density at radius 1 is 1.30 bits per heavy atom. The van der Waals surface area contributed by atoms with Crippen LogP contribution in [0.25, 0.3) is 0 Å². The van der Waals surface area contributed by atoms with Gasteiger partial charge in [0.15, 0.2) is 0 Å². The molecule has 0 amide bonds. The van der Waals surface area contributed by atoms with Gasteiger partial charge in [-0.05, 0) is 37.0 Å². The van der Waals surface area contributed by atoms with Gasteiger partial charge in [0.1, 0.15) is 5.82 Å². The van der Waals surface area contributed by atoms with Gasteiger partial charge in [-0.25, -0.2) is 0 Å². The van der Waals surface area contributed by atoms with Crippen molar-refractivity contribution in [2.75, 3.05) is 18.0 Å². The number of hydrogen-bond acceptors (Lipinski definition) is 5. The number of rotatable bonds is 4. The van der Waals surface area contributed by atoms with Gasteiger partial charge in [-0.3, -0.25) is 10.1 Å². The minimum atomic E-state index is 0.238. The van der Waals surface area contributed by atoms with Crippen LogP contribution in [0, 0.1) is 0 Å². The first kappa shape index (κ1) is 13.1. The maximum absolute atomic E-state index is 5.99. The molecule has 3 rings (SSSR count). The van der Waals surface area contributed by atoms with E-state index in [0.717, 1.165) is 50.5 Å². The summed E-state index contributed by atoms with van der Waals surface area (Å²) in [7, 11) is 0. The van der Waals surface area contributed by atoms with Crippen molar-refractivity contribution in [3.8, 4) is 0 Å². The molecule has 6 heteroatoms. The maximum atomic E-state index is 5.99. The molecule has 1 fully saturated rings. The Labute approximate surface area is 118 Å². The highest BCUT2D eigenvalue weighted by atomic mass is 15.4. The third-order valence-corrected chi connectivity index (χ3v) is 3.66. The van der Waals surface area contributed by atoms with Gasteiger partial charge in [-0.2, -0.15) is 4.98 Å². The van der Waals surface area contributed by atoms with Crippen LogP contribution < -0.4 is 10.6 Å². The molecule has 3 N–H and O–H groups in total. The molecule has 1 aliphatic rings. The SMILES string of the molecule is NC1CCCN(c2n[nH]c(CCc3ccncc3)n2)C1. The highest BCUT2D eigenvalue weighted by molar-refractivity contribution is 5.30. The van der Waals surface area contributed by atoms with Crippen molar-refractivity contribution in [1.82, 2.24) is 20.2 Å². The predicted molar refractivity (Wildman–Crippen MR) is 77.5 cm³/mol. The number of hydrogen-bond donors (Lipinski definition) is 2. The van der Waals surface area contributed by atoms with E-state index in [1.165, 1.54) is 5.56 Å². The summed E-state index contributed by atoms with van der Waals surface area (Å²) < 4.78 is 0. The Kier molecular flexibility index (Phi) is 3.92. The fourth-order valence-corrected chi connectivity index (χ4v) is 2.54. The Morgan fingerprint density at radius 3 is 2.95 bits per heavy atom. The van der Waals surface area contributed by atoms with Crippen LogP contribution in [-0.2, 0) is 12.8 Å². The Balaban J connectivity index is 1.59. The molecule has 0 aromatic carbocycles. The van der Waals surface area contributed by atoms with E-state index >= 15 is 0 Å². The normalized spacial score (nSPS) is 19.2. The molecule has 20 heavy (non-hydrogen) atoms. The molecule has 0 radical (unpaired) electrons. The van der Waals surface area contributed by atoms with E-state index in [-0.39, 0.29) is 6.04 Å². The third-order valence-electron chi connectivity index (χ3n) is 3.66. The fourth-order valence-electron chi connectivity index (χ4n) is 2.54. The van der Waals surface area contributed by atoms with E-state index in [0.29, 0.717) is 0 Å². The summed E-state index contributed by atoms with van der Waals surface area (Å²) in [5.74, 6) is 1.71. The smallest absolute Gasteiger partial charge is 0.244 e. The maximum Gasteiger partial charge on any atom is 0.244 e. The quantitative estimate of drug-likeness (QED) is 0.864. The van der Waals surface area contributed by atoms with Gasteiger partial charge < -0.3 is 10.6 Å². The standard InChI is InChI=1S/C14H20N6/c15-12-2-1-9-20(10-12)14-17-13(18-19-14)4-3-11-5-7-16-8-6-11/h5-8,12H,1-4,9-10,15H2,(H,17,18,19). The number of aromatic nitrogens is 4. The Hall–Kier alpha value is -1.95. The highest BCUT2D eigenvalue weighted by Gasteiger charge is 2.19. The second-order valence-corrected chi connectivity index (χ2v) is 5.29. The van der Waals surface area contributed by atoms with Crippen LogP contribution >= 0.6 is 0 Å². The first-order valence-corrected chi connectivity index (χ1v) is 7.12. The van der Waals surface area contributed by atoms with Gasteiger partial charge in [0, 0.05) is 37.9 Å². The van der Waals surface area contributed by atoms with E-state index in [2.05, 4.69) is 25.1 Å². The van der Waals surface area contributed by atoms with Gasteiger partial charge in [-0.1, -0.05) is 0 Å². The molecule has 0 saturated carbocycles. The number of H-pyrrole nitrogens is 1. The first-order valence-electron chi connectivity index (χ1n) is 7.12. The van der Waals surface area contributed by atoms with Gasteiger partial charge in [0.05, 0.1) is 0 Å². The number of nitrogens with zero attached hydrogens (tertiary/aromatic N) is 4. The zero-order valence-corrected chi connectivity index (χ0v) is 11.5. The molecular weight excluding hydrogens is 252 g/mol. The van der Waals surface area contributed by atoms with Crippen molar-refractivity contribution in [3.05, 3.63) is 35.9 Å². The fraction of sp³-hybridized carbons (Fsp3) is 0.500. The largest absolute Gasteiger partial charge is 0.338 e. The number of piperidine rings is 1. The van der Waals surface area contributed by atoms with Crippen LogP contribution in [0.15, 0.2) is 24.5 Å².